The monoisotopic (exact) mass is 827 g/mol. The van der Waals surface area contributed by atoms with Crippen molar-refractivity contribution in [1.82, 2.24) is 0 Å². The van der Waals surface area contributed by atoms with Crippen LogP contribution >= 0.6 is 0 Å². The van der Waals surface area contributed by atoms with Crippen LogP contribution in [0, 0.1) is 0 Å². The number of fused-ring (bicyclic) bond motifs is 9. The van der Waals surface area contributed by atoms with Gasteiger partial charge in [-0.3, -0.25) is 0 Å². The molecule has 8 aromatic carbocycles. The summed E-state index contributed by atoms with van der Waals surface area (Å²) in [6, 6.07) is 60.7. The molecule has 0 saturated heterocycles. The van der Waals surface area contributed by atoms with E-state index in [0.29, 0.717) is 0 Å². The molecule has 0 heterocycles. The molecule has 1 atom stereocenters. The van der Waals surface area contributed by atoms with Crippen LogP contribution in [-0.4, -0.2) is 0 Å². The lowest BCUT2D eigenvalue weighted by Gasteiger charge is -2.35. The second-order valence-corrected chi connectivity index (χ2v) is 22.0. The van der Waals surface area contributed by atoms with E-state index in [1.54, 1.807) is 0 Å². The van der Waals surface area contributed by atoms with Gasteiger partial charge in [0.2, 0.25) is 0 Å². The minimum Gasteiger partial charge on any atom is -0.355 e. The molecule has 2 bridgehead atoms. The lowest BCUT2D eigenvalue weighted by molar-refractivity contribution is 0.576. The van der Waals surface area contributed by atoms with Crippen LogP contribution in [0.4, 0.5) is 11.4 Å². The Bertz CT molecular complexity index is 3310. The standard InChI is InChI=1S/C63H57N/c1-59(2,3)40-34-53-57-54(35-40)62(8,9)50-30-29-42(37-24-27-45-43-20-14-16-22-48(43)61(6,7)51(45)32-37)56(58(50)57)47-33-39(60(53,4)5)25-31-55(47)64-41-26-28-46-44-21-15-17-23-49(44)63(10,52(46)36-41)38-18-12-11-13-19-38/h11-36,64H,1-10H3. The van der Waals surface area contributed by atoms with Gasteiger partial charge in [-0.05, 0) is 148 Å². The number of anilines is 2. The number of benzene rings is 8. The van der Waals surface area contributed by atoms with E-state index in [4.69, 9.17) is 0 Å². The van der Waals surface area contributed by atoms with Crippen molar-refractivity contribution < 1.29 is 0 Å². The van der Waals surface area contributed by atoms with Gasteiger partial charge < -0.3 is 5.32 Å². The largest absolute Gasteiger partial charge is 0.355 e. The fourth-order valence-electron chi connectivity index (χ4n) is 12.5. The molecule has 0 aromatic heterocycles. The van der Waals surface area contributed by atoms with Crippen LogP contribution in [-0.2, 0) is 27.1 Å². The second-order valence-electron chi connectivity index (χ2n) is 22.0. The van der Waals surface area contributed by atoms with Gasteiger partial charge in [0, 0.05) is 38.6 Å². The van der Waals surface area contributed by atoms with E-state index in [2.05, 4.69) is 232 Å². The van der Waals surface area contributed by atoms with Crippen LogP contribution in [0.2, 0.25) is 0 Å². The van der Waals surface area contributed by atoms with Crippen molar-refractivity contribution in [1.29, 1.82) is 0 Å². The normalized spacial score (nSPS) is 18.3. The molecule has 8 aromatic rings. The van der Waals surface area contributed by atoms with Crippen molar-refractivity contribution in [3.05, 3.63) is 213 Å². The molecule has 1 nitrogen and oxygen atoms in total. The lowest BCUT2D eigenvalue weighted by atomic mass is 9.69. The van der Waals surface area contributed by atoms with Gasteiger partial charge >= 0.3 is 0 Å². The summed E-state index contributed by atoms with van der Waals surface area (Å²) in [5.41, 5.74) is 28.5. The molecular formula is C63H57N. The summed E-state index contributed by atoms with van der Waals surface area (Å²) in [6.07, 6.45) is 0. The van der Waals surface area contributed by atoms with Gasteiger partial charge in [-0.25, -0.2) is 0 Å². The van der Waals surface area contributed by atoms with Crippen molar-refractivity contribution in [3.63, 3.8) is 0 Å². The molecule has 1 heteroatoms. The van der Waals surface area contributed by atoms with Gasteiger partial charge in [0.1, 0.15) is 0 Å². The highest BCUT2D eigenvalue weighted by Crippen LogP contribution is 2.61. The third-order valence-electron chi connectivity index (χ3n) is 16.3. The van der Waals surface area contributed by atoms with Crippen molar-refractivity contribution in [3.8, 4) is 55.6 Å². The Labute approximate surface area is 380 Å². The molecule has 0 fully saturated rings. The molecule has 0 radical (unpaired) electrons. The molecule has 12 rings (SSSR count). The predicted octanol–water partition coefficient (Wildman–Crippen LogP) is 16.6. The highest BCUT2D eigenvalue weighted by Gasteiger charge is 2.45. The summed E-state index contributed by atoms with van der Waals surface area (Å²) in [6.45, 7) is 24.1. The van der Waals surface area contributed by atoms with Crippen LogP contribution in [0.1, 0.15) is 125 Å². The number of hydrogen-bond acceptors (Lipinski definition) is 1. The summed E-state index contributed by atoms with van der Waals surface area (Å²) >= 11 is 0. The Morgan fingerprint density at radius 3 is 1.69 bits per heavy atom. The van der Waals surface area contributed by atoms with Crippen LogP contribution in [0.3, 0.4) is 0 Å². The molecule has 1 unspecified atom stereocenters. The van der Waals surface area contributed by atoms with E-state index in [0.717, 1.165) is 11.4 Å². The summed E-state index contributed by atoms with van der Waals surface area (Å²) in [5, 5.41) is 4.10. The highest BCUT2D eigenvalue weighted by atomic mass is 14.9. The van der Waals surface area contributed by atoms with Gasteiger partial charge in [-0.1, -0.05) is 190 Å². The topological polar surface area (TPSA) is 12.0 Å². The molecule has 0 spiro atoms. The highest BCUT2D eigenvalue weighted by molar-refractivity contribution is 6.05. The fourth-order valence-corrected chi connectivity index (χ4v) is 12.5. The minimum atomic E-state index is -0.283. The smallest absolute Gasteiger partial charge is 0.0464 e. The molecule has 314 valence electrons. The van der Waals surface area contributed by atoms with E-state index in [1.807, 2.05) is 0 Å². The third-order valence-corrected chi connectivity index (χ3v) is 16.3. The first-order valence-corrected chi connectivity index (χ1v) is 23.3. The molecule has 64 heavy (non-hydrogen) atoms. The first kappa shape index (κ1) is 39.2. The van der Waals surface area contributed by atoms with Crippen LogP contribution in [0.25, 0.3) is 55.6 Å². The summed E-state index contributed by atoms with van der Waals surface area (Å²) in [4.78, 5) is 0. The van der Waals surface area contributed by atoms with Crippen molar-refractivity contribution in [2.45, 2.75) is 96.3 Å². The molecule has 4 aliphatic rings. The Kier molecular flexibility index (Phi) is 7.87. The number of rotatable bonds is 4. The van der Waals surface area contributed by atoms with Crippen LogP contribution < -0.4 is 5.32 Å². The van der Waals surface area contributed by atoms with Crippen LogP contribution in [0.5, 0.6) is 0 Å². The Balaban J connectivity index is 1.11. The second kappa shape index (κ2) is 12.9. The zero-order chi connectivity index (χ0) is 44.3. The Morgan fingerprint density at radius 2 is 0.953 bits per heavy atom. The Hall–Kier alpha value is -6.44. The fraction of sp³-hybridized carbons (Fsp3) is 0.238. The zero-order valence-electron chi connectivity index (χ0n) is 39.0. The first-order valence-electron chi connectivity index (χ1n) is 23.3. The molecule has 0 amide bonds. The minimum absolute atomic E-state index is 0.00434. The van der Waals surface area contributed by atoms with Crippen LogP contribution in [0.15, 0.2) is 158 Å². The third kappa shape index (κ3) is 5.13. The van der Waals surface area contributed by atoms with Crippen molar-refractivity contribution in [2.75, 3.05) is 5.32 Å². The molecule has 1 N–H and O–H groups in total. The molecular weight excluding hydrogens is 771 g/mol. The number of nitrogens with one attached hydrogen (secondary N) is 1. The van der Waals surface area contributed by atoms with Gasteiger partial charge in [-0.15, -0.1) is 0 Å². The molecule has 4 aliphatic carbocycles. The van der Waals surface area contributed by atoms with E-state index in [1.165, 1.54) is 111 Å². The maximum absolute atomic E-state index is 4.10. The molecule has 0 aliphatic heterocycles. The maximum atomic E-state index is 4.10. The van der Waals surface area contributed by atoms with Gasteiger partial charge in [-0.2, -0.15) is 0 Å². The SMILES string of the molecule is CC(C)(C)c1cc2c3c(c1)C(C)(C)c1ccc(-c4ccc5c(c4)C(C)(C)c4ccccc4-5)c(c1-3)-c1cc(ccc1Nc1ccc3c(c1)C(C)(c1ccccc1)c1ccccc1-3)C2(C)C. The predicted molar refractivity (Wildman–Crippen MR) is 270 cm³/mol. The van der Waals surface area contributed by atoms with E-state index in [-0.39, 0.29) is 27.1 Å². The van der Waals surface area contributed by atoms with Crippen molar-refractivity contribution in [2.24, 2.45) is 0 Å². The molecule has 0 saturated carbocycles. The van der Waals surface area contributed by atoms with Crippen molar-refractivity contribution >= 4 is 11.4 Å². The average molecular weight is 828 g/mol. The number of hydrogen-bond donors (Lipinski definition) is 1. The lowest BCUT2D eigenvalue weighted by Crippen LogP contribution is -2.24. The summed E-state index contributed by atoms with van der Waals surface area (Å²) < 4.78 is 0. The van der Waals surface area contributed by atoms with E-state index < -0.39 is 0 Å². The van der Waals surface area contributed by atoms with Gasteiger partial charge in [0.05, 0.1) is 0 Å². The maximum Gasteiger partial charge on any atom is 0.0464 e. The van der Waals surface area contributed by atoms with E-state index >= 15 is 0 Å². The Morgan fingerprint density at radius 1 is 0.359 bits per heavy atom. The van der Waals surface area contributed by atoms with Gasteiger partial charge in [0.15, 0.2) is 0 Å². The summed E-state index contributed by atoms with van der Waals surface area (Å²) in [7, 11) is 0. The first-order chi connectivity index (χ1) is 30.5. The zero-order valence-corrected chi connectivity index (χ0v) is 39.0. The van der Waals surface area contributed by atoms with Gasteiger partial charge in [0.25, 0.3) is 0 Å². The average Bonchev–Trinajstić information content (AvgIpc) is 3.79. The van der Waals surface area contributed by atoms with E-state index in [9.17, 15) is 0 Å². The summed E-state index contributed by atoms with van der Waals surface area (Å²) in [5.74, 6) is 0. The quantitative estimate of drug-likeness (QED) is 0.186.